The molecule has 0 bridgehead atoms. The zero-order chi connectivity index (χ0) is 12.5. The van der Waals surface area contributed by atoms with Crippen molar-refractivity contribution in [2.24, 2.45) is 0 Å². The van der Waals surface area contributed by atoms with Crippen LogP contribution in [0.25, 0.3) is 0 Å². The smallest absolute Gasteiger partial charge is 0.225 e. The summed E-state index contributed by atoms with van der Waals surface area (Å²) in [5.74, 6) is 0.127. The number of aliphatic hydroxyl groups is 1. The van der Waals surface area contributed by atoms with Crippen LogP contribution >= 0.6 is 0 Å². The predicted molar refractivity (Wildman–Crippen MR) is 66.8 cm³/mol. The third kappa shape index (κ3) is 5.04. The molecular weight excluding hydrogens is 218 g/mol. The Labute approximate surface area is 104 Å². The number of carbonyl (C=O) groups is 1. The first-order chi connectivity index (χ1) is 8.29. The summed E-state index contributed by atoms with van der Waals surface area (Å²) in [5, 5.41) is 9.32. The number of aliphatic hydroxyl groups excluding tert-OH is 1. The van der Waals surface area contributed by atoms with Gasteiger partial charge in [-0.2, -0.15) is 0 Å². The molecule has 0 aromatic carbocycles. The molecule has 0 aromatic heterocycles. The Kier molecular flexibility index (Phi) is 7.21. The second-order valence-electron chi connectivity index (χ2n) is 4.64. The van der Waals surface area contributed by atoms with Gasteiger partial charge in [-0.15, -0.1) is 0 Å². The number of hydrogen-bond acceptors (Lipinski definition) is 3. The Morgan fingerprint density at radius 1 is 1.35 bits per heavy atom. The third-order valence-corrected chi connectivity index (χ3v) is 3.22. The van der Waals surface area contributed by atoms with Gasteiger partial charge in [-0.25, -0.2) is 0 Å². The van der Waals surface area contributed by atoms with Gasteiger partial charge in [-0.05, 0) is 19.3 Å². The zero-order valence-electron chi connectivity index (χ0n) is 10.9. The Morgan fingerprint density at radius 2 is 2.18 bits per heavy atom. The molecule has 1 fully saturated rings. The first kappa shape index (κ1) is 14.5. The van der Waals surface area contributed by atoms with Gasteiger partial charge in [-0.1, -0.05) is 19.8 Å². The van der Waals surface area contributed by atoms with Gasteiger partial charge in [0.1, 0.15) is 0 Å². The molecule has 1 atom stereocenters. The van der Waals surface area contributed by atoms with Gasteiger partial charge in [0.25, 0.3) is 0 Å². The lowest BCUT2D eigenvalue weighted by Gasteiger charge is -2.28. The highest BCUT2D eigenvalue weighted by Gasteiger charge is 2.24. The lowest BCUT2D eigenvalue weighted by molar-refractivity contribution is -0.135. The number of ether oxygens (including phenoxy) is 1. The van der Waals surface area contributed by atoms with E-state index in [9.17, 15) is 9.90 Å². The summed E-state index contributed by atoms with van der Waals surface area (Å²) in [6.45, 7) is 4.15. The van der Waals surface area contributed by atoms with E-state index in [2.05, 4.69) is 6.92 Å². The fourth-order valence-electron chi connectivity index (χ4n) is 2.24. The minimum Gasteiger partial charge on any atom is -0.394 e. The molecule has 1 amide bonds. The average molecular weight is 243 g/mol. The van der Waals surface area contributed by atoms with E-state index in [4.69, 9.17) is 4.74 Å². The lowest BCUT2D eigenvalue weighted by atomic mass is 10.1. The SMILES string of the molecule is CCCOCCC(=O)N1CCCCCC1CO. The molecular formula is C13H25NO3. The molecule has 1 unspecified atom stereocenters. The summed E-state index contributed by atoms with van der Waals surface area (Å²) in [5.41, 5.74) is 0. The lowest BCUT2D eigenvalue weighted by Crippen LogP contribution is -2.42. The first-order valence-electron chi connectivity index (χ1n) is 6.77. The quantitative estimate of drug-likeness (QED) is 0.720. The normalized spacial score (nSPS) is 21.3. The third-order valence-electron chi connectivity index (χ3n) is 3.22. The first-order valence-corrected chi connectivity index (χ1v) is 6.77. The van der Waals surface area contributed by atoms with Crippen molar-refractivity contribution in [2.45, 2.75) is 51.5 Å². The molecule has 0 spiro atoms. The molecule has 0 saturated carbocycles. The maximum atomic E-state index is 12.0. The molecule has 1 N–H and O–H groups in total. The van der Waals surface area contributed by atoms with E-state index in [1.165, 1.54) is 0 Å². The Balaban J connectivity index is 2.35. The molecule has 0 radical (unpaired) electrons. The molecule has 1 rings (SSSR count). The number of hydrogen-bond donors (Lipinski definition) is 1. The summed E-state index contributed by atoms with van der Waals surface area (Å²) in [4.78, 5) is 13.9. The summed E-state index contributed by atoms with van der Waals surface area (Å²) >= 11 is 0. The maximum Gasteiger partial charge on any atom is 0.225 e. The van der Waals surface area contributed by atoms with Crippen LogP contribution in [0.3, 0.4) is 0 Å². The maximum absolute atomic E-state index is 12.0. The molecule has 1 saturated heterocycles. The highest BCUT2D eigenvalue weighted by Crippen LogP contribution is 2.17. The molecule has 17 heavy (non-hydrogen) atoms. The van der Waals surface area contributed by atoms with Crippen LogP contribution in [0, 0.1) is 0 Å². The second kappa shape index (κ2) is 8.48. The summed E-state index contributed by atoms with van der Waals surface area (Å²) in [6, 6.07) is 0.0242. The van der Waals surface area contributed by atoms with Crippen LogP contribution in [0.15, 0.2) is 0 Å². The van der Waals surface area contributed by atoms with Crippen molar-refractivity contribution in [1.29, 1.82) is 0 Å². The monoisotopic (exact) mass is 243 g/mol. The van der Waals surface area contributed by atoms with Crippen LogP contribution in [0.5, 0.6) is 0 Å². The van der Waals surface area contributed by atoms with Gasteiger partial charge in [0.2, 0.25) is 5.91 Å². The van der Waals surface area contributed by atoms with E-state index in [0.29, 0.717) is 13.0 Å². The van der Waals surface area contributed by atoms with Gasteiger partial charge in [0.15, 0.2) is 0 Å². The molecule has 100 valence electrons. The van der Waals surface area contributed by atoms with Crippen molar-refractivity contribution in [2.75, 3.05) is 26.4 Å². The summed E-state index contributed by atoms with van der Waals surface area (Å²) in [7, 11) is 0. The second-order valence-corrected chi connectivity index (χ2v) is 4.64. The van der Waals surface area contributed by atoms with Gasteiger partial charge in [-0.3, -0.25) is 4.79 Å². The molecule has 0 aromatic rings. The Bertz CT molecular complexity index is 221. The average Bonchev–Trinajstić information content (AvgIpc) is 2.59. The van der Waals surface area contributed by atoms with Crippen molar-refractivity contribution >= 4 is 5.91 Å². The van der Waals surface area contributed by atoms with E-state index >= 15 is 0 Å². The molecule has 1 aliphatic rings. The predicted octanol–water partition coefficient (Wildman–Crippen LogP) is 1.57. The van der Waals surface area contributed by atoms with Gasteiger partial charge in [0.05, 0.1) is 25.7 Å². The molecule has 0 aliphatic carbocycles. The van der Waals surface area contributed by atoms with Crippen molar-refractivity contribution in [3.63, 3.8) is 0 Å². The number of likely N-dealkylation sites (tertiary alicyclic amines) is 1. The minimum atomic E-state index is 0.0242. The highest BCUT2D eigenvalue weighted by atomic mass is 16.5. The Morgan fingerprint density at radius 3 is 2.88 bits per heavy atom. The van der Waals surface area contributed by atoms with Crippen LogP contribution in [0.4, 0.5) is 0 Å². The fourth-order valence-corrected chi connectivity index (χ4v) is 2.24. The van der Waals surface area contributed by atoms with Crippen molar-refractivity contribution < 1.29 is 14.6 Å². The molecule has 4 heteroatoms. The standard InChI is InChI=1S/C13H25NO3/c1-2-9-17-10-7-13(16)14-8-5-3-4-6-12(14)11-15/h12,15H,2-11H2,1H3. The topological polar surface area (TPSA) is 49.8 Å². The largest absolute Gasteiger partial charge is 0.394 e. The molecule has 1 aliphatic heterocycles. The van der Waals surface area contributed by atoms with Crippen LogP contribution in [0.1, 0.15) is 45.4 Å². The number of nitrogens with zero attached hydrogens (tertiary/aromatic N) is 1. The molecule has 1 heterocycles. The van der Waals surface area contributed by atoms with E-state index in [1.807, 2.05) is 4.90 Å². The van der Waals surface area contributed by atoms with Crippen LogP contribution in [-0.4, -0.2) is 48.3 Å². The van der Waals surface area contributed by atoms with Crippen molar-refractivity contribution in [1.82, 2.24) is 4.90 Å². The van der Waals surface area contributed by atoms with E-state index in [1.54, 1.807) is 0 Å². The van der Waals surface area contributed by atoms with Gasteiger partial charge in [0, 0.05) is 13.2 Å². The minimum absolute atomic E-state index is 0.0242. The van der Waals surface area contributed by atoms with Crippen molar-refractivity contribution in [3.05, 3.63) is 0 Å². The van der Waals surface area contributed by atoms with Gasteiger partial charge < -0.3 is 14.7 Å². The van der Waals surface area contributed by atoms with Gasteiger partial charge >= 0.3 is 0 Å². The van der Waals surface area contributed by atoms with Crippen LogP contribution in [-0.2, 0) is 9.53 Å². The number of amides is 1. The Hall–Kier alpha value is -0.610. The zero-order valence-corrected chi connectivity index (χ0v) is 10.9. The summed E-state index contributed by atoms with van der Waals surface area (Å²) in [6.07, 6.45) is 5.68. The van der Waals surface area contributed by atoms with E-state index in [0.717, 1.165) is 45.3 Å². The van der Waals surface area contributed by atoms with E-state index in [-0.39, 0.29) is 18.6 Å². The van der Waals surface area contributed by atoms with Crippen LogP contribution < -0.4 is 0 Å². The van der Waals surface area contributed by atoms with Crippen molar-refractivity contribution in [3.8, 4) is 0 Å². The highest BCUT2D eigenvalue weighted by molar-refractivity contribution is 5.76. The van der Waals surface area contributed by atoms with E-state index < -0.39 is 0 Å². The number of rotatable bonds is 6. The molecule has 4 nitrogen and oxygen atoms in total. The fraction of sp³-hybridized carbons (Fsp3) is 0.923. The van der Waals surface area contributed by atoms with Crippen LogP contribution in [0.2, 0.25) is 0 Å². The summed E-state index contributed by atoms with van der Waals surface area (Å²) < 4.78 is 5.33. The number of carbonyl (C=O) groups excluding carboxylic acids is 1.